The normalized spacial score (nSPS) is 17.1. The molecule has 1 atom stereocenters. The van der Waals surface area contributed by atoms with E-state index in [4.69, 9.17) is 0 Å². The van der Waals surface area contributed by atoms with Crippen LogP contribution in [0, 0.1) is 5.82 Å². The molecule has 0 spiro atoms. The lowest BCUT2D eigenvalue weighted by atomic mass is 10.1. The number of nitrogens with one attached hydrogen (secondary N) is 1. The molecule has 138 valence electrons. The fourth-order valence-corrected chi connectivity index (χ4v) is 4.03. The molecule has 1 N–H and O–H groups in total. The van der Waals surface area contributed by atoms with Gasteiger partial charge >= 0.3 is 0 Å². The van der Waals surface area contributed by atoms with Crippen LogP contribution < -0.4 is 5.32 Å². The molecule has 0 radical (unpaired) electrons. The molecule has 2 aromatic heterocycles. The Morgan fingerprint density at radius 3 is 2.89 bits per heavy atom. The fourth-order valence-electron chi connectivity index (χ4n) is 3.27. The van der Waals surface area contributed by atoms with Gasteiger partial charge in [0.05, 0.1) is 6.54 Å². The van der Waals surface area contributed by atoms with Crippen LogP contribution in [0.1, 0.15) is 39.3 Å². The van der Waals surface area contributed by atoms with Gasteiger partial charge in [0.15, 0.2) is 0 Å². The molecule has 3 heterocycles. The lowest BCUT2D eigenvalue weighted by Crippen LogP contribution is -2.22. The van der Waals surface area contributed by atoms with E-state index in [0.717, 1.165) is 24.4 Å². The number of halogens is 1. The Balaban J connectivity index is 1.41. The Kier molecular flexibility index (Phi) is 5.17. The largest absolute Gasteiger partial charge is 0.320 e. The quantitative estimate of drug-likeness (QED) is 0.728. The smallest absolute Gasteiger partial charge is 0.286 e. The molecule has 1 aromatic carbocycles. The van der Waals surface area contributed by atoms with E-state index in [2.05, 4.69) is 31.5 Å². The molecule has 1 aliphatic heterocycles. The number of anilines is 1. The number of hydrogen-bond acceptors (Lipinski definition) is 6. The van der Waals surface area contributed by atoms with Crippen molar-refractivity contribution in [2.24, 2.45) is 0 Å². The van der Waals surface area contributed by atoms with Crippen molar-refractivity contribution in [1.29, 1.82) is 0 Å². The molecule has 27 heavy (non-hydrogen) atoms. The Bertz CT molecular complexity index is 915. The number of nitrogens with zero attached hydrogens (tertiary/aromatic N) is 4. The summed E-state index contributed by atoms with van der Waals surface area (Å²) in [5.74, 6) is -0.685. The van der Waals surface area contributed by atoms with E-state index in [0.29, 0.717) is 23.3 Å². The average molecular weight is 383 g/mol. The van der Waals surface area contributed by atoms with E-state index in [1.54, 1.807) is 6.20 Å². The molecule has 6 nitrogen and oxygen atoms in total. The number of aromatic nitrogens is 3. The van der Waals surface area contributed by atoms with Gasteiger partial charge < -0.3 is 5.32 Å². The lowest BCUT2D eigenvalue weighted by Gasteiger charge is -2.23. The van der Waals surface area contributed by atoms with Crippen LogP contribution in [0.4, 0.5) is 10.1 Å². The molecule has 0 bridgehead atoms. The van der Waals surface area contributed by atoms with Crippen molar-refractivity contribution in [3.05, 3.63) is 70.2 Å². The number of benzene rings is 1. The Morgan fingerprint density at radius 1 is 1.26 bits per heavy atom. The van der Waals surface area contributed by atoms with Gasteiger partial charge in [0, 0.05) is 24.1 Å². The predicted molar refractivity (Wildman–Crippen MR) is 101 cm³/mol. The van der Waals surface area contributed by atoms with Crippen molar-refractivity contribution < 1.29 is 9.18 Å². The molecule has 1 saturated heterocycles. The van der Waals surface area contributed by atoms with Crippen LogP contribution in [0.3, 0.4) is 0 Å². The molecule has 1 fully saturated rings. The third-order valence-electron chi connectivity index (χ3n) is 4.53. The van der Waals surface area contributed by atoms with Crippen LogP contribution in [0.15, 0.2) is 48.8 Å². The van der Waals surface area contributed by atoms with E-state index >= 15 is 0 Å². The van der Waals surface area contributed by atoms with Crippen molar-refractivity contribution >= 4 is 22.9 Å². The molecule has 0 aliphatic carbocycles. The second-order valence-corrected chi connectivity index (χ2v) is 7.44. The number of likely N-dealkylation sites (tertiary alicyclic amines) is 1. The van der Waals surface area contributed by atoms with E-state index < -0.39 is 0 Å². The van der Waals surface area contributed by atoms with Crippen LogP contribution in [-0.4, -0.2) is 32.5 Å². The SMILES string of the molecule is O=C(Nc1ccc(F)cc1)c1nnc(CN2CCCC2c2cccnc2)s1. The van der Waals surface area contributed by atoms with Crippen LogP contribution >= 0.6 is 11.3 Å². The number of rotatable bonds is 5. The van der Waals surface area contributed by atoms with Crippen molar-refractivity contribution in [3.63, 3.8) is 0 Å². The molecule has 3 aromatic rings. The Labute approximate surface area is 160 Å². The fraction of sp³-hybridized carbons (Fsp3) is 0.263. The minimum Gasteiger partial charge on any atom is -0.320 e. The van der Waals surface area contributed by atoms with Crippen molar-refractivity contribution in [3.8, 4) is 0 Å². The van der Waals surface area contributed by atoms with Crippen LogP contribution in [-0.2, 0) is 6.54 Å². The molecule has 8 heteroatoms. The maximum atomic E-state index is 13.0. The predicted octanol–water partition coefficient (Wildman–Crippen LogP) is 3.66. The van der Waals surface area contributed by atoms with Gasteiger partial charge in [-0.1, -0.05) is 17.4 Å². The summed E-state index contributed by atoms with van der Waals surface area (Å²) in [4.78, 5) is 18.9. The standard InChI is InChI=1S/C19H18FN5OS/c20-14-5-7-15(8-6-14)22-18(26)19-24-23-17(27-19)12-25-10-2-4-16(25)13-3-1-9-21-11-13/h1,3,5-9,11,16H,2,4,10,12H2,(H,22,26). The summed E-state index contributed by atoms with van der Waals surface area (Å²) in [5.41, 5.74) is 1.73. The van der Waals surface area contributed by atoms with E-state index in [9.17, 15) is 9.18 Å². The monoisotopic (exact) mass is 383 g/mol. The highest BCUT2D eigenvalue weighted by atomic mass is 32.1. The van der Waals surface area contributed by atoms with Crippen molar-refractivity contribution in [1.82, 2.24) is 20.1 Å². The summed E-state index contributed by atoms with van der Waals surface area (Å²) in [6.07, 6.45) is 5.89. The summed E-state index contributed by atoms with van der Waals surface area (Å²) in [7, 11) is 0. The van der Waals surface area contributed by atoms with Crippen LogP contribution in [0.25, 0.3) is 0 Å². The van der Waals surface area contributed by atoms with E-state index in [1.165, 1.54) is 41.2 Å². The number of amides is 1. The summed E-state index contributed by atoms with van der Waals surface area (Å²) < 4.78 is 13.0. The van der Waals surface area contributed by atoms with Gasteiger partial charge in [-0.15, -0.1) is 10.2 Å². The molecule has 1 amide bonds. The third-order valence-corrected chi connectivity index (χ3v) is 5.44. The van der Waals surface area contributed by atoms with Crippen LogP contribution in [0.2, 0.25) is 0 Å². The lowest BCUT2D eigenvalue weighted by molar-refractivity contribution is 0.102. The first kappa shape index (κ1) is 17.7. The second-order valence-electron chi connectivity index (χ2n) is 6.38. The molecular formula is C19H18FN5OS. The van der Waals surface area contributed by atoms with E-state index in [-0.39, 0.29) is 11.7 Å². The summed E-state index contributed by atoms with van der Waals surface area (Å²) in [6.45, 7) is 1.64. The minimum atomic E-state index is -0.347. The molecular weight excluding hydrogens is 365 g/mol. The van der Waals surface area contributed by atoms with Crippen molar-refractivity contribution in [2.75, 3.05) is 11.9 Å². The molecule has 1 unspecified atom stereocenters. The Morgan fingerprint density at radius 2 is 2.11 bits per heavy atom. The highest BCUT2D eigenvalue weighted by Gasteiger charge is 2.27. The zero-order chi connectivity index (χ0) is 18.6. The van der Waals surface area contributed by atoms with Gasteiger partial charge in [-0.25, -0.2) is 4.39 Å². The van der Waals surface area contributed by atoms with Gasteiger partial charge in [0.25, 0.3) is 5.91 Å². The summed E-state index contributed by atoms with van der Waals surface area (Å²) in [6, 6.07) is 9.99. The van der Waals surface area contributed by atoms with Gasteiger partial charge in [-0.2, -0.15) is 0 Å². The molecule has 1 aliphatic rings. The highest BCUT2D eigenvalue weighted by Crippen LogP contribution is 2.33. The van der Waals surface area contributed by atoms with Crippen molar-refractivity contribution in [2.45, 2.75) is 25.4 Å². The second kappa shape index (κ2) is 7.89. The molecule has 4 rings (SSSR count). The first-order valence-corrected chi connectivity index (χ1v) is 9.54. The summed E-state index contributed by atoms with van der Waals surface area (Å²) >= 11 is 1.28. The highest BCUT2D eigenvalue weighted by molar-refractivity contribution is 7.13. The topological polar surface area (TPSA) is 71.0 Å². The number of pyridine rings is 1. The average Bonchev–Trinajstić information content (AvgIpc) is 3.34. The Hall–Kier alpha value is -2.71. The molecule has 0 saturated carbocycles. The van der Waals surface area contributed by atoms with Gasteiger partial charge in [-0.3, -0.25) is 14.7 Å². The number of carbonyl (C=O) groups excluding carboxylic acids is 1. The zero-order valence-electron chi connectivity index (χ0n) is 14.5. The third kappa shape index (κ3) is 4.17. The minimum absolute atomic E-state index is 0.298. The van der Waals surface area contributed by atoms with Crippen LogP contribution in [0.5, 0.6) is 0 Å². The van der Waals surface area contributed by atoms with Gasteiger partial charge in [-0.05, 0) is 55.3 Å². The summed E-state index contributed by atoms with van der Waals surface area (Å²) in [5, 5.41) is 12.0. The maximum Gasteiger partial charge on any atom is 0.286 e. The number of carbonyl (C=O) groups is 1. The number of hydrogen-bond donors (Lipinski definition) is 1. The van der Waals surface area contributed by atoms with Gasteiger partial charge in [0.2, 0.25) is 5.01 Å². The zero-order valence-corrected chi connectivity index (χ0v) is 15.3. The van der Waals surface area contributed by atoms with Gasteiger partial charge in [0.1, 0.15) is 10.8 Å². The van der Waals surface area contributed by atoms with E-state index in [1.807, 2.05) is 12.3 Å². The first-order valence-electron chi connectivity index (χ1n) is 8.72. The first-order chi connectivity index (χ1) is 13.2. The maximum absolute atomic E-state index is 13.0.